The number of piperazine rings is 1. The molecule has 2 fully saturated rings. The second-order valence-corrected chi connectivity index (χ2v) is 8.65. The van der Waals surface area contributed by atoms with Crippen molar-refractivity contribution in [3.63, 3.8) is 0 Å². The molecule has 1 atom stereocenters. The molecule has 3 rings (SSSR count). The maximum absolute atomic E-state index is 12.8. The van der Waals surface area contributed by atoms with E-state index < -0.39 is 0 Å². The average Bonchev–Trinajstić information content (AvgIpc) is 3.10. The second-order valence-electron chi connectivity index (χ2n) is 7.62. The van der Waals surface area contributed by atoms with Crippen molar-refractivity contribution in [3.8, 4) is 0 Å². The molecular formula is C20H31N3O2S. The van der Waals surface area contributed by atoms with Crippen LogP contribution < -0.4 is 0 Å². The van der Waals surface area contributed by atoms with Gasteiger partial charge in [0.15, 0.2) is 0 Å². The van der Waals surface area contributed by atoms with Crippen LogP contribution in [-0.4, -0.2) is 71.8 Å². The molecule has 2 saturated heterocycles. The van der Waals surface area contributed by atoms with Crippen LogP contribution in [0, 0.1) is 0 Å². The summed E-state index contributed by atoms with van der Waals surface area (Å²) in [5.41, 5.74) is -0.0404. The molecular weight excluding hydrogens is 346 g/mol. The van der Waals surface area contributed by atoms with Crippen LogP contribution in [0.5, 0.6) is 0 Å². The lowest BCUT2D eigenvalue weighted by Gasteiger charge is -2.49. The molecule has 3 heterocycles. The SMILES string of the molecule is CCN1CCC2(CCC1=O)CN(C(=O)CCCc1cccs1)CCN2C. The molecule has 2 aliphatic rings. The standard InChI is InChI=1S/C20H31N3O2S/c1-3-22-12-11-20(10-9-19(22)25)16-23(14-13-21(20)2)18(24)8-4-6-17-7-5-15-26-17/h5,7,15H,3-4,6,8-14,16H2,1-2H3. The summed E-state index contributed by atoms with van der Waals surface area (Å²) in [6.45, 7) is 6.11. The van der Waals surface area contributed by atoms with E-state index in [1.54, 1.807) is 11.3 Å². The van der Waals surface area contributed by atoms with Crippen LogP contribution in [0.25, 0.3) is 0 Å². The molecule has 1 aromatic rings. The molecule has 26 heavy (non-hydrogen) atoms. The highest BCUT2D eigenvalue weighted by Crippen LogP contribution is 2.32. The minimum atomic E-state index is -0.0404. The normalized spacial score (nSPS) is 24.9. The topological polar surface area (TPSA) is 43.9 Å². The summed E-state index contributed by atoms with van der Waals surface area (Å²) >= 11 is 1.76. The number of aryl methyl sites for hydroxylation is 1. The van der Waals surface area contributed by atoms with Crippen LogP contribution in [0.4, 0.5) is 0 Å². The number of thiophene rings is 1. The van der Waals surface area contributed by atoms with Crippen LogP contribution in [0.2, 0.25) is 0 Å². The minimum absolute atomic E-state index is 0.0404. The lowest BCUT2D eigenvalue weighted by atomic mass is 9.86. The first-order chi connectivity index (χ1) is 12.5. The monoisotopic (exact) mass is 377 g/mol. The van der Waals surface area contributed by atoms with Crippen LogP contribution in [0.3, 0.4) is 0 Å². The van der Waals surface area contributed by atoms with Gasteiger partial charge in [0.1, 0.15) is 0 Å². The fourth-order valence-corrected chi connectivity index (χ4v) is 5.02. The number of carbonyl (C=O) groups excluding carboxylic acids is 2. The number of likely N-dealkylation sites (tertiary alicyclic amines) is 1. The van der Waals surface area contributed by atoms with Crippen molar-refractivity contribution in [3.05, 3.63) is 22.4 Å². The lowest BCUT2D eigenvalue weighted by Crippen LogP contribution is -2.62. The molecule has 0 radical (unpaired) electrons. The van der Waals surface area contributed by atoms with E-state index in [2.05, 4.69) is 34.4 Å². The molecule has 1 spiro atoms. The zero-order valence-corrected chi connectivity index (χ0v) is 16.9. The van der Waals surface area contributed by atoms with Gasteiger partial charge in [-0.05, 0) is 51.1 Å². The maximum atomic E-state index is 12.8. The van der Waals surface area contributed by atoms with Gasteiger partial charge >= 0.3 is 0 Å². The van der Waals surface area contributed by atoms with Crippen LogP contribution in [0.15, 0.2) is 17.5 Å². The summed E-state index contributed by atoms with van der Waals surface area (Å²) in [6.07, 6.45) is 4.94. The van der Waals surface area contributed by atoms with Gasteiger partial charge in [-0.3, -0.25) is 14.5 Å². The van der Waals surface area contributed by atoms with Crippen LogP contribution >= 0.6 is 11.3 Å². The van der Waals surface area contributed by atoms with Crippen molar-refractivity contribution in [1.82, 2.24) is 14.7 Å². The highest BCUT2D eigenvalue weighted by atomic mass is 32.1. The Labute approximate surface area is 161 Å². The molecule has 2 amide bonds. The summed E-state index contributed by atoms with van der Waals surface area (Å²) in [6, 6.07) is 4.21. The van der Waals surface area contributed by atoms with E-state index in [0.29, 0.717) is 12.8 Å². The predicted molar refractivity (Wildman–Crippen MR) is 105 cm³/mol. The summed E-state index contributed by atoms with van der Waals surface area (Å²) in [4.78, 5) is 32.8. The fourth-order valence-electron chi connectivity index (χ4n) is 4.27. The van der Waals surface area contributed by atoms with E-state index >= 15 is 0 Å². The van der Waals surface area contributed by atoms with E-state index in [0.717, 1.165) is 58.4 Å². The van der Waals surface area contributed by atoms with Gasteiger partial charge in [0.25, 0.3) is 0 Å². The molecule has 1 aromatic heterocycles. The van der Waals surface area contributed by atoms with Gasteiger partial charge in [0.2, 0.25) is 11.8 Å². The van der Waals surface area contributed by atoms with E-state index in [-0.39, 0.29) is 17.4 Å². The first-order valence-corrected chi connectivity index (χ1v) is 10.7. The Balaban J connectivity index is 1.58. The average molecular weight is 378 g/mol. The molecule has 0 N–H and O–H groups in total. The fraction of sp³-hybridized carbons (Fsp3) is 0.700. The van der Waals surface area contributed by atoms with E-state index in [9.17, 15) is 9.59 Å². The first-order valence-electron chi connectivity index (χ1n) is 9.83. The third-order valence-electron chi connectivity index (χ3n) is 6.13. The highest BCUT2D eigenvalue weighted by Gasteiger charge is 2.43. The van der Waals surface area contributed by atoms with Crippen LogP contribution in [0.1, 0.15) is 43.9 Å². The molecule has 144 valence electrons. The van der Waals surface area contributed by atoms with Crippen molar-refractivity contribution in [1.29, 1.82) is 0 Å². The number of carbonyl (C=O) groups is 2. The third kappa shape index (κ3) is 4.29. The summed E-state index contributed by atoms with van der Waals surface area (Å²) in [7, 11) is 2.16. The zero-order chi connectivity index (χ0) is 18.6. The lowest BCUT2D eigenvalue weighted by molar-refractivity contribution is -0.137. The number of likely N-dealkylation sites (N-methyl/N-ethyl adjacent to an activating group) is 1. The van der Waals surface area contributed by atoms with Crippen molar-refractivity contribution in [2.45, 2.75) is 51.0 Å². The molecule has 0 aromatic carbocycles. The molecule has 0 bridgehead atoms. The smallest absolute Gasteiger partial charge is 0.222 e. The van der Waals surface area contributed by atoms with Crippen molar-refractivity contribution < 1.29 is 9.59 Å². The Hall–Kier alpha value is -1.40. The Kier molecular flexibility index (Phi) is 6.35. The number of hydrogen-bond acceptors (Lipinski definition) is 4. The number of nitrogens with zero attached hydrogens (tertiary/aromatic N) is 3. The number of hydrogen-bond donors (Lipinski definition) is 0. The van der Waals surface area contributed by atoms with Gasteiger partial charge in [-0.15, -0.1) is 11.3 Å². The Morgan fingerprint density at radius 2 is 2.12 bits per heavy atom. The molecule has 2 aliphatic heterocycles. The Morgan fingerprint density at radius 1 is 1.27 bits per heavy atom. The van der Waals surface area contributed by atoms with E-state index in [1.807, 2.05) is 11.8 Å². The van der Waals surface area contributed by atoms with Gasteiger partial charge in [-0.25, -0.2) is 0 Å². The largest absolute Gasteiger partial charge is 0.343 e. The van der Waals surface area contributed by atoms with Gasteiger partial charge in [-0.1, -0.05) is 6.07 Å². The molecule has 5 nitrogen and oxygen atoms in total. The van der Waals surface area contributed by atoms with Gasteiger partial charge < -0.3 is 9.80 Å². The molecule has 1 unspecified atom stereocenters. The zero-order valence-electron chi connectivity index (χ0n) is 16.1. The minimum Gasteiger partial charge on any atom is -0.343 e. The summed E-state index contributed by atoms with van der Waals surface area (Å²) in [5, 5.41) is 2.09. The van der Waals surface area contributed by atoms with E-state index in [4.69, 9.17) is 0 Å². The third-order valence-corrected chi connectivity index (χ3v) is 7.07. The molecule has 6 heteroatoms. The Bertz CT molecular complexity index is 619. The second kappa shape index (κ2) is 8.53. The molecule has 0 aliphatic carbocycles. The quantitative estimate of drug-likeness (QED) is 0.792. The van der Waals surface area contributed by atoms with E-state index in [1.165, 1.54) is 4.88 Å². The Morgan fingerprint density at radius 3 is 2.85 bits per heavy atom. The van der Waals surface area contributed by atoms with Crippen molar-refractivity contribution in [2.24, 2.45) is 0 Å². The van der Waals surface area contributed by atoms with Gasteiger partial charge in [0, 0.05) is 56.0 Å². The van der Waals surface area contributed by atoms with Gasteiger partial charge in [0.05, 0.1) is 0 Å². The van der Waals surface area contributed by atoms with Crippen molar-refractivity contribution >= 4 is 23.2 Å². The summed E-state index contributed by atoms with van der Waals surface area (Å²) < 4.78 is 0. The number of rotatable bonds is 5. The highest BCUT2D eigenvalue weighted by molar-refractivity contribution is 7.09. The first kappa shape index (κ1) is 19.4. The predicted octanol–water partition coefficient (Wildman–Crippen LogP) is 2.62. The van der Waals surface area contributed by atoms with Gasteiger partial charge in [-0.2, -0.15) is 0 Å². The maximum Gasteiger partial charge on any atom is 0.222 e. The number of amides is 2. The van der Waals surface area contributed by atoms with Crippen LogP contribution in [-0.2, 0) is 16.0 Å². The summed E-state index contributed by atoms with van der Waals surface area (Å²) in [5.74, 6) is 0.536. The molecule has 0 saturated carbocycles. The van der Waals surface area contributed by atoms with Crippen molar-refractivity contribution in [2.75, 3.05) is 39.8 Å².